The third-order valence-electron chi connectivity index (χ3n) is 4.46. The van der Waals surface area contributed by atoms with E-state index in [0.29, 0.717) is 5.76 Å². The maximum Gasteiger partial charge on any atom is 0.260 e. The fourth-order valence-electron chi connectivity index (χ4n) is 3.33. The Balaban J connectivity index is 2.06. The highest BCUT2D eigenvalue weighted by molar-refractivity contribution is 5.96. The van der Waals surface area contributed by atoms with Crippen LogP contribution in [0.4, 0.5) is 0 Å². The predicted octanol–water partition coefficient (Wildman–Crippen LogP) is 2.45. The minimum absolute atomic E-state index is 0.0812. The number of aromatic hydroxyl groups is 1. The highest BCUT2D eigenvalue weighted by Gasteiger charge is 2.65. The van der Waals surface area contributed by atoms with Crippen LogP contribution in [0, 0.1) is 0 Å². The summed E-state index contributed by atoms with van der Waals surface area (Å²) in [6.07, 6.45) is 1.62. The molecule has 5 heteroatoms. The third kappa shape index (κ3) is 1.58. The standard InChI is InChI=1S/C17H16O5/c1-20-15-7-13-12-6-10(19)3-4-11(12)9(8-18)5-14(13)16-17(15,21-2)22-16/h3-7,16,18-19H,8H2,1-2H3. The summed E-state index contributed by atoms with van der Waals surface area (Å²) in [7, 11) is 3.16. The van der Waals surface area contributed by atoms with Gasteiger partial charge in [0.05, 0.1) is 13.7 Å². The summed E-state index contributed by atoms with van der Waals surface area (Å²) in [4.78, 5) is 0. The summed E-state index contributed by atoms with van der Waals surface area (Å²) in [6, 6.07) is 7.05. The molecule has 1 aliphatic heterocycles. The quantitative estimate of drug-likeness (QED) is 0.852. The van der Waals surface area contributed by atoms with Gasteiger partial charge in [-0.25, -0.2) is 0 Å². The highest BCUT2D eigenvalue weighted by atomic mass is 16.8. The minimum atomic E-state index is -0.862. The number of epoxide rings is 1. The van der Waals surface area contributed by atoms with Crippen LogP contribution in [0.15, 0.2) is 30.0 Å². The lowest BCUT2D eigenvalue weighted by Crippen LogP contribution is -2.22. The number of aliphatic hydroxyl groups excluding tert-OH is 1. The van der Waals surface area contributed by atoms with Gasteiger partial charge in [0.2, 0.25) is 0 Å². The first-order chi connectivity index (χ1) is 10.6. The lowest BCUT2D eigenvalue weighted by atomic mass is 9.87. The van der Waals surface area contributed by atoms with E-state index in [2.05, 4.69) is 0 Å². The van der Waals surface area contributed by atoms with E-state index in [1.807, 2.05) is 18.2 Å². The average molecular weight is 300 g/mol. The summed E-state index contributed by atoms with van der Waals surface area (Å²) >= 11 is 0. The Morgan fingerprint density at radius 1 is 1.23 bits per heavy atom. The number of ether oxygens (including phenoxy) is 3. The zero-order chi connectivity index (χ0) is 15.5. The van der Waals surface area contributed by atoms with Gasteiger partial charge in [-0.15, -0.1) is 0 Å². The summed E-state index contributed by atoms with van der Waals surface area (Å²) in [5.41, 5.74) is 2.66. The molecule has 0 amide bonds. The highest BCUT2D eigenvalue weighted by Crippen LogP contribution is 2.59. The molecule has 2 N–H and O–H groups in total. The van der Waals surface area contributed by atoms with Crippen LogP contribution < -0.4 is 0 Å². The van der Waals surface area contributed by atoms with Gasteiger partial charge in [0, 0.05) is 7.11 Å². The van der Waals surface area contributed by atoms with E-state index in [1.54, 1.807) is 26.4 Å². The molecule has 1 aliphatic carbocycles. The van der Waals surface area contributed by atoms with Gasteiger partial charge in [-0.2, -0.15) is 0 Å². The Kier molecular flexibility index (Phi) is 2.75. The third-order valence-corrected chi connectivity index (χ3v) is 4.46. The van der Waals surface area contributed by atoms with Gasteiger partial charge < -0.3 is 24.4 Å². The molecule has 114 valence electrons. The van der Waals surface area contributed by atoms with E-state index in [1.165, 1.54) is 0 Å². The van der Waals surface area contributed by atoms with E-state index in [9.17, 15) is 10.2 Å². The number of methoxy groups -OCH3 is 2. The lowest BCUT2D eigenvalue weighted by molar-refractivity contribution is -0.0167. The van der Waals surface area contributed by atoms with Crippen LogP contribution in [0.5, 0.6) is 5.75 Å². The van der Waals surface area contributed by atoms with Crippen LogP contribution >= 0.6 is 0 Å². The average Bonchev–Trinajstić information content (AvgIpc) is 3.29. The number of aliphatic hydroxyl groups is 1. The van der Waals surface area contributed by atoms with Crippen molar-refractivity contribution in [2.45, 2.75) is 18.5 Å². The smallest absolute Gasteiger partial charge is 0.260 e. The molecule has 0 radical (unpaired) electrons. The van der Waals surface area contributed by atoms with E-state index in [0.717, 1.165) is 27.5 Å². The molecule has 5 nitrogen and oxygen atoms in total. The molecule has 0 aromatic heterocycles. The second-order valence-corrected chi connectivity index (χ2v) is 5.51. The number of benzene rings is 2. The molecular weight excluding hydrogens is 284 g/mol. The van der Waals surface area contributed by atoms with Crippen LogP contribution in [0.25, 0.3) is 16.8 Å². The summed E-state index contributed by atoms with van der Waals surface area (Å²) in [5, 5.41) is 21.2. The Labute approximate surface area is 127 Å². The molecule has 2 unspecified atom stereocenters. The van der Waals surface area contributed by atoms with Crippen LogP contribution in [0.3, 0.4) is 0 Å². The Morgan fingerprint density at radius 2 is 2.05 bits per heavy atom. The van der Waals surface area contributed by atoms with E-state index < -0.39 is 5.79 Å². The van der Waals surface area contributed by atoms with E-state index in [-0.39, 0.29) is 18.5 Å². The number of hydrogen-bond acceptors (Lipinski definition) is 5. The molecule has 0 saturated carbocycles. The molecule has 0 bridgehead atoms. The summed E-state index contributed by atoms with van der Waals surface area (Å²) in [6.45, 7) is -0.0812. The van der Waals surface area contributed by atoms with Gasteiger partial charge in [0.25, 0.3) is 5.79 Å². The van der Waals surface area contributed by atoms with Crippen molar-refractivity contribution in [2.75, 3.05) is 14.2 Å². The van der Waals surface area contributed by atoms with Crippen molar-refractivity contribution in [2.24, 2.45) is 0 Å². The van der Waals surface area contributed by atoms with Gasteiger partial charge in [-0.05, 0) is 51.7 Å². The zero-order valence-electron chi connectivity index (χ0n) is 12.3. The number of phenolic OH excluding ortho intramolecular Hbond substituents is 1. The monoisotopic (exact) mass is 300 g/mol. The molecule has 2 aromatic carbocycles. The molecule has 2 aliphatic rings. The molecule has 2 aromatic rings. The Morgan fingerprint density at radius 3 is 2.73 bits per heavy atom. The Hall–Kier alpha value is -2.08. The fourth-order valence-corrected chi connectivity index (χ4v) is 3.33. The van der Waals surface area contributed by atoms with Crippen molar-refractivity contribution in [1.82, 2.24) is 0 Å². The van der Waals surface area contributed by atoms with Crippen LogP contribution in [0.1, 0.15) is 22.8 Å². The summed E-state index contributed by atoms with van der Waals surface area (Å²) in [5.74, 6) is -0.0785. The predicted molar refractivity (Wildman–Crippen MR) is 80.1 cm³/mol. The fraction of sp³-hybridized carbons (Fsp3) is 0.294. The largest absolute Gasteiger partial charge is 0.508 e. The van der Waals surface area contributed by atoms with Crippen LogP contribution in [-0.2, 0) is 20.8 Å². The van der Waals surface area contributed by atoms with Crippen molar-refractivity contribution in [3.8, 4) is 5.75 Å². The first-order valence-electron chi connectivity index (χ1n) is 7.03. The second-order valence-electron chi connectivity index (χ2n) is 5.51. The topological polar surface area (TPSA) is 71.5 Å². The summed E-state index contributed by atoms with van der Waals surface area (Å²) < 4.78 is 16.7. The van der Waals surface area contributed by atoms with Crippen LogP contribution in [0.2, 0.25) is 0 Å². The van der Waals surface area contributed by atoms with Crippen molar-refractivity contribution in [1.29, 1.82) is 0 Å². The van der Waals surface area contributed by atoms with Gasteiger partial charge in [-0.3, -0.25) is 0 Å². The second kappa shape index (κ2) is 4.46. The molecule has 1 saturated heterocycles. The van der Waals surface area contributed by atoms with Crippen molar-refractivity contribution in [3.05, 3.63) is 46.7 Å². The van der Waals surface area contributed by atoms with Gasteiger partial charge >= 0.3 is 0 Å². The normalized spacial score (nSPS) is 25.4. The Bertz CT molecular complexity index is 810. The van der Waals surface area contributed by atoms with Crippen molar-refractivity contribution < 1.29 is 24.4 Å². The van der Waals surface area contributed by atoms with Crippen LogP contribution in [-0.4, -0.2) is 30.2 Å². The number of rotatable bonds is 3. The number of fused-ring (bicyclic) bond motifs is 5. The van der Waals surface area contributed by atoms with Gasteiger partial charge in [0.1, 0.15) is 11.9 Å². The minimum Gasteiger partial charge on any atom is -0.508 e. The van der Waals surface area contributed by atoms with Gasteiger partial charge in [-0.1, -0.05) is 6.07 Å². The van der Waals surface area contributed by atoms with Crippen molar-refractivity contribution in [3.63, 3.8) is 0 Å². The molecule has 22 heavy (non-hydrogen) atoms. The molecule has 1 fully saturated rings. The zero-order valence-corrected chi connectivity index (χ0v) is 12.3. The molecule has 4 rings (SSSR count). The number of hydrogen-bond donors (Lipinski definition) is 2. The lowest BCUT2D eigenvalue weighted by Gasteiger charge is -2.21. The molecule has 1 heterocycles. The molecular formula is C17H16O5. The maximum atomic E-state index is 9.82. The van der Waals surface area contributed by atoms with Gasteiger partial charge in [0.15, 0.2) is 5.76 Å². The maximum absolute atomic E-state index is 9.82. The van der Waals surface area contributed by atoms with E-state index in [4.69, 9.17) is 14.2 Å². The number of phenols is 1. The SMILES string of the molecule is COC1=Cc2c(cc(CO)c3ccc(O)cc23)C2OC12OC. The molecule has 2 atom stereocenters. The molecule has 0 spiro atoms. The first kappa shape index (κ1) is 13.6. The van der Waals surface area contributed by atoms with Crippen molar-refractivity contribution >= 4 is 16.8 Å². The van der Waals surface area contributed by atoms with E-state index >= 15 is 0 Å². The first-order valence-corrected chi connectivity index (χ1v) is 7.03.